The van der Waals surface area contributed by atoms with Crippen LogP contribution in [0.25, 0.3) is 22.3 Å². The van der Waals surface area contributed by atoms with Gasteiger partial charge in [-0.15, -0.1) is 0 Å². The molecule has 0 saturated carbocycles. The van der Waals surface area contributed by atoms with Gasteiger partial charge in [-0.2, -0.15) is 18.2 Å². The summed E-state index contributed by atoms with van der Waals surface area (Å²) in [6.07, 6.45) is -12.3. The molecule has 78 heavy (non-hydrogen) atoms. The van der Waals surface area contributed by atoms with E-state index in [0.29, 0.717) is 0 Å². The molecular weight excluding hydrogens is 1130 g/mol. The summed E-state index contributed by atoms with van der Waals surface area (Å²) in [4.78, 5) is 118. The van der Waals surface area contributed by atoms with Crippen molar-refractivity contribution in [3.63, 3.8) is 0 Å². The van der Waals surface area contributed by atoms with Crippen molar-refractivity contribution in [3.05, 3.63) is 62.4 Å². The Bertz CT molecular complexity index is 3430. The van der Waals surface area contributed by atoms with Gasteiger partial charge in [0.1, 0.15) is 50.0 Å². The zero-order chi connectivity index (χ0) is 57.0. The van der Waals surface area contributed by atoms with E-state index in [1.807, 2.05) is 4.98 Å². The second kappa shape index (κ2) is 22.8. The quantitative estimate of drug-likeness (QED) is 0.0234. The zero-order valence-electron chi connectivity index (χ0n) is 41.1. The summed E-state index contributed by atoms with van der Waals surface area (Å²) in [7, 11) is -21.2. The molecule has 0 spiro atoms. The minimum absolute atomic E-state index is 0.00279. The number of aliphatic hydroxyl groups is 3. The van der Waals surface area contributed by atoms with Crippen molar-refractivity contribution in [2.24, 2.45) is 13.0 Å². The Morgan fingerprint density at radius 3 is 2.09 bits per heavy atom. The number of ether oxygens (including phenoxy) is 4. The highest BCUT2D eigenvalue weighted by Gasteiger charge is 2.55. The molecule has 0 bridgehead atoms. The number of carbonyl (C=O) groups excluding carboxylic acids is 1. The SMILES string of the molecule is CCC(=O)N(CC)C[C@H]1[C@@H](O)[C@H](n2c[n+](C)c3c(=O)[nH]c(N)nc32)O[C@@H]1COP(=O)(O)OP(=O)(O)OP(=O)(O)OC[C@H]1O[C@@H](n2cnc3c(N)ncnc32)[C@H](OC)[C@@H]1P(=O)([O-])OC[C@H]1O[C@@H](n2ccc(=O)[nH]c2=O)[C@H](O)[C@@H]1O. The Morgan fingerprint density at radius 1 is 0.821 bits per heavy atom. The van der Waals surface area contributed by atoms with Crippen LogP contribution < -0.4 is 37.7 Å². The van der Waals surface area contributed by atoms with E-state index in [9.17, 15) is 72.3 Å². The summed E-state index contributed by atoms with van der Waals surface area (Å²) in [6.45, 7) is -0.330. The molecule has 3 aliphatic heterocycles. The highest BCUT2D eigenvalue weighted by molar-refractivity contribution is 7.66. The van der Waals surface area contributed by atoms with Crippen molar-refractivity contribution >= 4 is 71.1 Å². The Labute approximate surface area is 436 Å². The highest BCUT2D eigenvalue weighted by atomic mass is 31.3. The summed E-state index contributed by atoms with van der Waals surface area (Å²) in [6, 6.07) is 0.914. The first-order valence-electron chi connectivity index (χ1n) is 23.1. The van der Waals surface area contributed by atoms with Gasteiger partial charge in [-0.25, -0.2) is 38.0 Å². The molecule has 0 radical (unpaired) electrons. The van der Waals surface area contributed by atoms with Crippen LogP contribution in [0.2, 0.25) is 0 Å². The molecule has 1 amide bonds. The first-order valence-corrected chi connectivity index (χ1v) is 29.2. The fourth-order valence-electron chi connectivity index (χ4n) is 9.17. The van der Waals surface area contributed by atoms with Crippen LogP contribution >= 0.6 is 31.1 Å². The van der Waals surface area contributed by atoms with Crippen LogP contribution in [0.1, 0.15) is 39.0 Å². The molecule has 3 saturated heterocycles. The third-order valence-corrected chi connectivity index (χ3v) is 18.9. The molecule has 41 heteroatoms. The number of phosphoric acid groups is 3. The van der Waals surface area contributed by atoms with E-state index < -0.39 is 141 Å². The second-order valence-electron chi connectivity index (χ2n) is 17.7. The van der Waals surface area contributed by atoms with Gasteiger partial charge in [-0.05, 0) is 6.92 Å². The number of fused-ring (bicyclic) bond motifs is 2. The number of amides is 1. The number of H-pyrrole nitrogens is 2. The number of carbonyl (C=O) groups is 1. The first kappa shape index (κ1) is 59.1. The maximum Gasteiger partial charge on any atom is 0.490 e. The van der Waals surface area contributed by atoms with Crippen LogP contribution in [0.4, 0.5) is 11.8 Å². The van der Waals surface area contributed by atoms with E-state index in [2.05, 4.69) is 33.5 Å². The van der Waals surface area contributed by atoms with E-state index in [4.69, 9.17) is 44.0 Å². The van der Waals surface area contributed by atoms with Crippen molar-refractivity contribution in [2.45, 2.75) is 87.3 Å². The van der Waals surface area contributed by atoms with Crippen LogP contribution in [-0.4, -0.2) is 173 Å². The lowest BCUT2D eigenvalue weighted by molar-refractivity contribution is -0.646. The number of nitrogens with zero attached hydrogens (tertiary/aromatic N) is 9. The molecule has 0 aromatic carbocycles. The number of nitrogens with two attached hydrogens (primary N) is 2. The largest absolute Gasteiger partial charge is 0.778 e. The van der Waals surface area contributed by atoms with Crippen molar-refractivity contribution in [1.82, 2.24) is 48.5 Å². The monoisotopic (exact) mass is 1190 g/mol. The smallest absolute Gasteiger partial charge is 0.490 e. The van der Waals surface area contributed by atoms with E-state index in [1.165, 1.54) is 27.4 Å². The molecule has 3 fully saturated rings. The lowest BCUT2D eigenvalue weighted by Gasteiger charge is -2.35. The van der Waals surface area contributed by atoms with E-state index >= 15 is 0 Å². The molecular formula is C37H53N13O24P4. The van der Waals surface area contributed by atoms with Crippen molar-refractivity contribution in [3.8, 4) is 0 Å². The topological polar surface area (TPSA) is 521 Å². The molecule has 5 aromatic heterocycles. The van der Waals surface area contributed by atoms with E-state index in [0.717, 1.165) is 41.2 Å². The predicted octanol–water partition coefficient (Wildman–Crippen LogP) is -3.93. The second-order valence-corrected chi connectivity index (χ2v) is 24.2. The average Bonchev–Trinajstić information content (AvgIpc) is 4.36. The summed E-state index contributed by atoms with van der Waals surface area (Å²) in [5, 5.41) is 33.2. The molecule has 8 rings (SSSR count). The van der Waals surface area contributed by atoms with Crippen LogP contribution in [0.15, 0.2) is 45.6 Å². The van der Waals surface area contributed by atoms with E-state index in [1.54, 1.807) is 13.8 Å². The van der Waals surface area contributed by atoms with Gasteiger partial charge < -0.3 is 79.3 Å². The zero-order valence-corrected chi connectivity index (χ0v) is 44.6. The number of aryl methyl sites for hydroxylation is 1. The third-order valence-electron chi connectivity index (χ3n) is 12.8. The van der Waals surface area contributed by atoms with Gasteiger partial charge in [0.2, 0.25) is 24.4 Å². The molecule has 0 aliphatic carbocycles. The van der Waals surface area contributed by atoms with Gasteiger partial charge in [0.05, 0.1) is 51.1 Å². The number of phosphoric ester groups is 2. The van der Waals surface area contributed by atoms with Crippen molar-refractivity contribution in [2.75, 3.05) is 51.5 Å². The van der Waals surface area contributed by atoms with Crippen molar-refractivity contribution in [1.29, 1.82) is 0 Å². The fraction of sp³-hybridized carbons (Fsp3) is 0.595. The van der Waals surface area contributed by atoms with Crippen LogP contribution in [0.5, 0.6) is 0 Å². The molecule has 16 atom stereocenters. The normalized spacial score (nSPS) is 29.6. The number of hydrogen-bond donors (Lipinski definition) is 10. The Morgan fingerprint density at radius 2 is 1.45 bits per heavy atom. The van der Waals surface area contributed by atoms with Gasteiger partial charge in [-0.3, -0.25) is 42.5 Å². The highest BCUT2D eigenvalue weighted by Crippen LogP contribution is 2.68. The van der Waals surface area contributed by atoms with Gasteiger partial charge in [0, 0.05) is 44.8 Å². The van der Waals surface area contributed by atoms with Crippen LogP contribution in [0, 0.1) is 5.92 Å². The molecule has 12 N–H and O–H groups in total. The molecule has 3 aliphatic rings. The van der Waals surface area contributed by atoms with Crippen molar-refractivity contribution < 1.29 is 104 Å². The maximum atomic E-state index is 14.2. The fourth-order valence-corrected chi connectivity index (χ4v) is 14.4. The Balaban J connectivity index is 0.975. The Kier molecular flexibility index (Phi) is 17.3. The van der Waals surface area contributed by atoms with Gasteiger partial charge in [-0.1, -0.05) is 6.92 Å². The molecule has 37 nitrogen and oxygen atoms in total. The van der Waals surface area contributed by atoms with Gasteiger partial charge in [0.15, 0.2) is 23.9 Å². The molecule has 8 heterocycles. The maximum absolute atomic E-state index is 14.2. The number of rotatable bonds is 22. The summed E-state index contributed by atoms with van der Waals surface area (Å²) in [5.74, 6) is -1.91. The minimum Gasteiger partial charge on any atom is -0.778 e. The van der Waals surface area contributed by atoms with Gasteiger partial charge >= 0.3 is 34.7 Å². The molecule has 430 valence electrons. The molecule has 4 unspecified atom stereocenters. The number of methoxy groups -OCH3 is 1. The number of nitrogen functional groups attached to an aromatic ring is 2. The third kappa shape index (κ3) is 12.2. The van der Waals surface area contributed by atoms with Crippen LogP contribution in [0.3, 0.4) is 0 Å². The lowest BCUT2D eigenvalue weighted by atomic mass is 9.97. The number of imidazole rings is 2. The number of nitrogens with one attached hydrogen (secondary N) is 2. The summed E-state index contributed by atoms with van der Waals surface area (Å²) >= 11 is 0. The van der Waals surface area contributed by atoms with Crippen LogP contribution in [-0.2, 0) is 71.2 Å². The Hall–Kier alpha value is -5.07. The molecule has 5 aromatic rings. The number of aromatic nitrogens is 10. The summed E-state index contributed by atoms with van der Waals surface area (Å²) < 4.78 is 105. The number of aliphatic hydroxyl groups excluding tert-OH is 3. The van der Waals surface area contributed by atoms with E-state index in [-0.39, 0.29) is 59.5 Å². The minimum atomic E-state index is -6.26. The van der Waals surface area contributed by atoms with Gasteiger partial charge in [0.25, 0.3) is 16.7 Å². The summed E-state index contributed by atoms with van der Waals surface area (Å²) in [5.41, 5.74) is 7.04. The number of hydrogen-bond acceptors (Lipinski definition) is 27. The standard InChI is InChI=1S/C37H53N13O24P4/c1-5-21(52)47(6-2)9-16-17(70-33(24(16)53)50-15-46(3)23-31(50)44-36(39)45-32(23)56)10-68-76(60,61)73-78(64,65)74-77(62,63)69-12-19-28(27(66-4)35(72-19)49-14-42-22-29(38)40-13-41-30(22)49)75(58,59)67-11-18-25(54)26(55)34(71-18)48-8-7-20(51)43-37(48)57/h7-8,13-19,24-28,33-35,53-55H,5-6,9-12H2,1-4H3,(H9-,38,39,40,41,43,44,45,51,56,57,58,59,60,61,62,63,64,65)/t16-,17-,18-,19-,24-,25-,26-,27-,28-,33-,34-,35-/m1/s1. The average molecular weight is 1190 g/mol. The number of anilines is 2. The predicted molar refractivity (Wildman–Crippen MR) is 254 cm³/mol. The first-order chi connectivity index (χ1) is 36.6. The number of aromatic amines is 2. The lowest BCUT2D eigenvalue weighted by Crippen LogP contribution is -2.42.